The summed E-state index contributed by atoms with van der Waals surface area (Å²) in [5.74, 6) is 2.01. The van der Waals surface area contributed by atoms with Gasteiger partial charge in [-0.1, -0.05) is 11.3 Å². The van der Waals surface area contributed by atoms with E-state index in [0.29, 0.717) is 22.9 Å². The first kappa shape index (κ1) is 13.7. The Morgan fingerprint density at radius 1 is 1.18 bits per heavy atom. The monoisotopic (exact) mass is 337 g/mol. The van der Waals surface area contributed by atoms with E-state index in [9.17, 15) is 4.79 Å². The summed E-state index contributed by atoms with van der Waals surface area (Å²) >= 11 is 8.36. The SMILES string of the molecule is O=C(Nc1nnc(C2CC2)s1)C12C[C@H]3C[C@@H](CC(Cl)(C3)C1)C2. The van der Waals surface area contributed by atoms with Gasteiger partial charge in [-0.15, -0.1) is 21.8 Å². The molecule has 2 atom stereocenters. The predicted octanol–water partition coefficient (Wildman–Crippen LogP) is 3.93. The Hall–Kier alpha value is -0.680. The van der Waals surface area contributed by atoms with Gasteiger partial charge in [0.05, 0.1) is 5.41 Å². The first-order valence-electron chi connectivity index (χ1n) is 8.37. The molecule has 1 aromatic heterocycles. The van der Waals surface area contributed by atoms with Gasteiger partial charge in [0.25, 0.3) is 0 Å². The number of aromatic nitrogens is 2. The van der Waals surface area contributed by atoms with Gasteiger partial charge in [0, 0.05) is 10.8 Å². The van der Waals surface area contributed by atoms with Crippen LogP contribution in [0.1, 0.15) is 62.3 Å². The van der Waals surface area contributed by atoms with Gasteiger partial charge >= 0.3 is 0 Å². The maximum absolute atomic E-state index is 13.0. The van der Waals surface area contributed by atoms with Gasteiger partial charge < -0.3 is 5.32 Å². The van der Waals surface area contributed by atoms with Gasteiger partial charge in [-0.3, -0.25) is 4.79 Å². The molecule has 1 aromatic rings. The number of carbonyl (C=O) groups is 1. The van der Waals surface area contributed by atoms with Crippen LogP contribution in [-0.4, -0.2) is 21.0 Å². The van der Waals surface area contributed by atoms with Crippen LogP contribution in [-0.2, 0) is 4.79 Å². The second-order valence-electron chi connectivity index (χ2n) is 8.07. The highest BCUT2D eigenvalue weighted by Crippen LogP contribution is 2.64. The van der Waals surface area contributed by atoms with Gasteiger partial charge in [-0.25, -0.2) is 0 Å². The van der Waals surface area contributed by atoms with Crippen LogP contribution in [0.15, 0.2) is 0 Å². The third kappa shape index (κ3) is 2.12. The van der Waals surface area contributed by atoms with E-state index in [2.05, 4.69) is 15.5 Å². The Bertz CT molecular complexity index is 627. The molecule has 22 heavy (non-hydrogen) atoms. The van der Waals surface area contributed by atoms with Crippen LogP contribution in [0.4, 0.5) is 5.13 Å². The van der Waals surface area contributed by atoms with E-state index < -0.39 is 0 Å². The van der Waals surface area contributed by atoms with Crippen molar-refractivity contribution in [2.45, 2.75) is 62.2 Å². The summed E-state index contributed by atoms with van der Waals surface area (Å²) in [6, 6.07) is 0. The number of amides is 1. The number of hydrogen-bond acceptors (Lipinski definition) is 4. The average Bonchev–Trinajstić information content (AvgIpc) is 3.17. The Balaban J connectivity index is 1.37. The minimum atomic E-state index is -0.253. The van der Waals surface area contributed by atoms with Crippen LogP contribution in [0, 0.1) is 17.3 Å². The minimum absolute atomic E-state index is 0.123. The molecule has 1 N–H and O–H groups in total. The van der Waals surface area contributed by atoms with E-state index >= 15 is 0 Å². The second-order valence-corrected chi connectivity index (χ2v) is 9.88. The summed E-state index contributed by atoms with van der Waals surface area (Å²) in [4.78, 5) is 12.8. The van der Waals surface area contributed by atoms with Crippen molar-refractivity contribution in [1.29, 1.82) is 0 Å². The molecule has 5 saturated carbocycles. The molecule has 0 radical (unpaired) electrons. The second kappa shape index (κ2) is 4.44. The Morgan fingerprint density at radius 2 is 1.91 bits per heavy atom. The molecule has 5 fully saturated rings. The molecule has 6 heteroatoms. The molecule has 4 nitrogen and oxygen atoms in total. The smallest absolute Gasteiger partial charge is 0.232 e. The molecule has 5 aliphatic carbocycles. The summed E-state index contributed by atoms with van der Waals surface area (Å²) in [7, 11) is 0. The highest BCUT2D eigenvalue weighted by atomic mass is 35.5. The summed E-state index contributed by atoms with van der Waals surface area (Å²) in [6.07, 6.45) is 8.77. The lowest BCUT2D eigenvalue weighted by Gasteiger charge is -2.59. The molecule has 0 spiro atoms. The van der Waals surface area contributed by atoms with Crippen LogP contribution in [0.25, 0.3) is 0 Å². The zero-order valence-electron chi connectivity index (χ0n) is 12.5. The molecule has 6 rings (SSSR count). The minimum Gasteiger partial charge on any atom is -0.300 e. The van der Waals surface area contributed by atoms with Crippen LogP contribution in [0.5, 0.6) is 0 Å². The van der Waals surface area contributed by atoms with Crippen molar-refractivity contribution in [2.24, 2.45) is 17.3 Å². The van der Waals surface area contributed by atoms with Crippen LogP contribution in [0.3, 0.4) is 0 Å². The number of halogens is 1. The molecule has 0 saturated heterocycles. The molecule has 118 valence electrons. The highest BCUT2D eigenvalue weighted by Gasteiger charge is 2.60. The van der Waals surface area contributed by atoms with E-state index in [1.807, 2.05) is 0 Å². The lowest BCUT2D eigenvalue weighted by atomic mass is 9.49. The zero-order chi connectivity index (χ0) is 14.9. The van der Waals surface area contributed by atoms with Crippen molar-refractivity contribution in [1.82, 2.24) is 10.2 Å². The third-order valence-electron chi connectivity index (χ3n) is 6.06. The molecule has 0 aromatic carbocycles. The van der Waals surface area contributed by atoms with E-state index in [-0.39, 0.29) is 16.2 Å². The van der Waals surface area contributed by atoms with Gasteiger partial charge in [0.15, 0.2) is 0 Å². The topological polar surface area (TPSA) is 54.9 Å². The number of nitrogens with zero attached hydrogens (tertiary/aromatic N) is 2. The number of alkyl halides is 1. The molecule has 5 aliphatic rings. The first-order chi connectivity index (χ1) is 10.5. The number of nitrogens with one attached hydrogen (secondary N) is 1. The van der Waals surface area contributed by atoms with Crippen LogP contribution in [0.2, 0.25) is 0 Å². The fourth-order valence-electron chi connectivity index (χ4n) is 5.43. The van der Waals surface area contributed by atoms with Crippen molar-refractivity contribution in [3.63, 3.8) is 0 Å². The Morgan fingerprint density at radius 3 is 2.55 bits per heavy atom. The number of carbonyl (C=O) groups excluding carboxylic acids is 1. The highest BCUT2D eigenvalue weighted by molar-refractivity contribution is 7.15. The first-order valence-corrected chi connectivity index (χ1v) is 9.57. The maximum Gasteiger partial charge on any atom is 0.232 e. The number of anilines is 1. The van der Waals surface area contributed by atoms with Crippen molar-refractivity contribution < 1.29 is 4.79 Å². The molecule has 1 amide bonds. The summed E-state index contributed by atoms with van der Waals surface area (Å²) in [5, 5.41) is 13.2. The number of rotatable bonds is 3. The number of hydrogen-bond donors (Lipinski definition) is 1. The van der Waals surface area contributed by atoms with E-state index in [1.165, 1.54) is 19.3 Å². The van der Waals surface area contributed by atoms with E-state index in [0.717, 1.165) is 37.1 Å². The maximum atomic E-state index is 13.0. The summed E-state index contributed by atoms with van der Waals surface area (Å²) in [6.45, 7) is 0. The van der Waals surface area contributed by atoms with Crippen molar-refractivity contribution in [3.8, 4) is 0 Å². The van der Waals surface area contributed by atoms with Crippen molar-refractivity contribution in [2.75, 3.05) is 5.32 Å². The van der Waals surface area contributed by atoms with Gasteiger partial charge in [-0.2, -0.15) is 0 Å². The standard InChI is InChI=1S/C16H20ClN3OS/c17-16-6-9-3-10(7-16)5-15(4-9,8-16)13(21)18-14-20-19-12(22-14)11-1-2-11/h9-11H,1-8H2,(H,18,20,21)/t9-,10-,15?,16?/m1/s1. The van der Waals surface area contributed by atoms with Crippen molar-refractivity contribution in [3.05, 3.63) is 5.01 Å². The fraction of sp³-hybridized carbons (Fsp3) is 0.812. The van der Waals surface area contributed by atoms with Gasteiger partial charge in [0.2, 0.25) is 11.0 Å². The average molecular weight is 338 g/mol. The predicted molar refractivity (Wildman–Crippen MR) is 86.2 cm³/mol. The largest absolute Gasteiger partial charge is 0.300 e. The Kier molecular flexibility index (Phi) is 2.77. The quantitative estimate of drug-likeness (QED) is 0.850. The lowest BCUT2D eigenvalue weighted by Crippen LogP contribution is -2.57. The fourth-order valence-corrected chi connectivity index (χ4v) is 7.03. The van der Waals surface area contributed by atoms with Gasteiger partial charge in [-0.05, 0) is 63.2 Å². The molecule has 4 bridgehead atoms. The van der Waals surface area contributed by atoms with E-state index in [4.69, 9.17) is 11.6 Å². The van der Waals surface area contributed by atoms with Crippen LogP contribution >= 0.6 is 22.9 Å². The Labute approximate surface area is 139 Å². The van der Waals surface area contributed by atoms with Crippen LogP contribution < -0.4 is 5.32 Å². The van der Waals surface area contributed by atoms with Gasteiger partial charge in [0.1, 0.15) is 5.01 Å². The summed E-state index contributed by atoms with van der Waals surface area (Å²) in [5.41, 5.74) is -0.253. The molecular formula is C16H20ClN3OS. The molecular weight excluding hydrogens is 318 g/mol. The lowest BCUT2D eigenvalue weighted by molar-refractivity contribution is -0.138. The van der Waals surface area contributed by atoms with E-state index in [1.54, 1.807) is 11.3 Å². The zero-order valence-corrected chi connectivity index (χ0v) is 14.1. The molecule has 0 aliphatic heterocycles. The molecule has 1 heterocycles. The van der Waals surface area contributed by atoms with Crippen molar-refractivity contribution >= 4 is 34.0 Å². The normalized spacial score (nSPS) is 42.6. The summed E-state index contributed by atoms with van der Waals surface area (Å²) < 4.78 is 0. The molecule has 0 unspecified atom stereocenters. The third-order valence-corrected chi connectivity index (χ3v) is 7.50.